The van der Waals surface area contributed by atoms with Crippen LogP contribution in [-0.2, 0) is 4.79 Å². The quantitative estimate of drug-likeness (QED) is 0.819. The summed E-state index contributed by atoms with van der Waals surface area (Å²) in [5, 5.41) is 6.23. The molecule has 26 heavy (non-hydrogen) atoms. The zero-order chi connectivity index (χ0) is 18.4. The van der Waals surface area contributed by atoms with E-state index in [1.54, 1.807) is 0 Å². The van der Waals surface area contributed by atoms with Crippen molar-refractivity contribution in [1.82, 2.24) is 5.32 Å². The molecule has 1 unspecified atom stereocenters. The van der Waals surface area contributed by atoms with Gasteiger partial charge in [-0.2, -0.15) is 0 Å². The maximum Gasteiger partial charge on any atom is 0.238 e. The average Bonchev–Trinajstić information content (AvgIpc) is 2.68. The Kier molecular flexibility index (Phi) is 6.29. The fourth-order valence-corrected chi connectivity index (χ4v) is 3.33. The fourth-order valence-electron chi connectivity index (χ4n) is 3.33. The third-order valence-corrected chi connectivity index (χ3v) is 5.17. The molecule has 1 amide bonds. The van der Waals surface area contributed by atoms with E-state index in [2.05, 4.69) is 53.6 Å². The predicted molar refractivity (Wildman–Crippen MR) is 109 cm³/mol. The van der Waals surface area contributed by atoms with Crippen LogP contribution in [0.2, 0.25) is 0 Å². The van der Waals surface area contributed by atoms with Crippen LogP contribution in [-0.4, -0.2) is 25.5 Å². The van der Waals surface area contributed by atoms with E-state index in [0.29, 0.717) is 6.54 Å². The molecule has 1 aliphatic rings. The summed E-state index contributed by atoms with van der Waals surface area (Å²) in [5.41, 5.74) is 3.27. The monoisotopic (exact) mass is 351 g/mol. The lowest BCUT2D eigenvalue weighted by molar-refractivity contribution is -0.115. The zero-order valence-electron chi connectivity index (χ0n) is 15.7. The summed E-state index contributed by atoms with van der Waals surface area (Å²) in [6, 6.07) is 18.5. The first-order valence-corrected chi connectivity index (χ1v) is 9.55. The maximum atomic E-state index is 12.2. The molecule has 0 spiro atoms. The van der Waals surface area contributed by atoms with Crippen molar-refractivity contribution in [3.63, 3.8) is 0 Å². The van der Waals surface area contributed by atoms with Crippen molar-refractivity contribution >= 4 is 17.3 Å². The molecule has 0 aliphatic carbocycles. The topological polar surface area (TPSA) is 44.4 Å². The van der Waals surface area contributed by atoms with Gasteiger partial charge in [-0.3, -0.25) is 4.79 Å². The van der Waals surface area contributed by atoms with Crippen molar-refractivity contribution in [3.05, 3.63) is 60.2 Å². The first-order chi connectivity index (χ1) is 12.6. The molecule has 0 saturated carbocycles. The number of carbonyl (C=O) groups is 1. The summed E-state index contributed by atoms with van der Waals surface area (Å²) >= 11 is 0. The van der Waals surface area contributed by atoms with Crippen LogP contribution in [0.25, 0.3) is 0 Å². The van der Waals surface area contributed by atoms with E-state index >= 15 is 0 Å². The largest absolute Gasteiger partial charge is 0.372 e. The third-order valence-electron chi connectivity index (χ3n) is 5.17. The van der Waals surface area contributed by atoms with Crippen molar-refractivity contribution < 1.29 is 4.79 Å². The number of amides is 1. The Morgan fingerprint density at radius 1 is 1.08 bits per heavy atom. The van der Waals surface area contributed by atoms with E-state index in [4.69, 9.17) is 0 Å². The molecule has 3 rings (SSSR count). The number of hydrogen-bond donors (Lipinski definition) is 2. The normalized spacial score (nSPS) is 16.3. The standard InChI is InChI=1S/C22H29N3O/c1-17-12-14-25(15-13-17)21-10-8-20(9-11-21)24-22(26)16-23-18(2)19-6-4-3-5-7-19/h3-11,17-18,23H,12-16H2,1-2H3,(H,24,26). The van der Waals surface area contributed by atoms with Crippen molar-refractivity contribution in [2.24, 2.45) is 5.92 Å². The Hall–Kier alpha value is -2.33. The number of rotatable bonds is 6. The van der Waals surface area contributed by atoms with Crippen molar-refractivity contribution in [3.8, 4) is 0 Å². The number of piperidine rings is 1. The second-order valence-corrected chi connectivity index (χ2v) is 7.28. The summed E-state index contributed by atoms with van der Waals surface area (Å²) in [7, 11) is 0. The minimum atomic E-state index is -0.0210. The van der Waals surface area contributed by atoms with Gasteiger partial charge in [-0.1, -0.05) is 37.3 Å². The molecule has 1 fully saturated rings. The first-order valence-electron chi connectivity index (χ1n) is 9.55. The smallest absolute Gasteiger partial charge is 0.238 e. The minimum absolute atomic E-state index is 0.0210. The van der Waals surface area contributed by atoms with Gasteiger partial charge >= 0.3 is 0 Å². The van der Waals surface area contributed by atoms with Gasteiger partial charge < -0.3 is 15.5 Å². The second-order valence-electron chi connectivity index (χ2n) is 7.28. The molecule has 4 nitrogen and oxygen atoms in total. The highest BCUT2D eigenvalue weighted by molar-refractivity contribution is 5.92. The Morgan fingerprint density at radius 2 is 1.73 bits per heavy atom. The predicted octanol–water partition coefficient (Wildman–Crippen LogP) is 4.21. The van der Waals surface area contributed by atoms with Crippen molar-refractivity contribution in [1.29, 1.82) is 0 Å². The van der Waals surface area contributed by atoms with Gasteiger partial charge in [-0.05, 0) is 55.5 Å². The minimum Gasteiger partial charge on any atom is -0.372 e. The van der Waals surface area contributed by atoms with Crippen molar-refractivity contribution in [2.75, 3.05) is 29.9 Å². The molecular formula is C22H29N3O. The number of nitrogens with one attached hydrogen (secondary N) is 2. The Morgan fingerprint density at radius 3 is 2.38 bits per heavy atom. The van der Waals surface area contributed by atoms with Crippen LogP contribution in [0.4, 0.5) is 11.4 Å². The highest BCUT2D eigenvalue weighted by Crippen LogP contribution is 2.24. The van der Waals surface area contributed by atoms with Gasteiger partial charge in [-0.25, -0.2) is 0 Å². The van der Waals surface area contributed by atoms with Gasteiger partial charge in [0.15, 0.2) is 0 Å². The Labute approximate surface area is 156 Å². The van der Waals surface area contributed by atoms with Gasteiger partial charge in [0.25, 0.3) is 0 Å². The van der Waals surface area contributed by atoms with Crippen LogP contribution in [0.3, 0.4) is 0 Å². The van der Waals surface area contributed by atoms with E-state index in [0.717, 1.165) is 24.7 Å². The molecular weight excluding hydrogens is 322 g/mol. The number of benzene rings is 2. The molecule has 0 bridgehead atoms. The third kappa shape index (κ3) is 5.09. The van der Waals surface area contributed by atoms with E-state index < -0.39 is 0 Å². The molecule has 138 valence electrons. The Bertz CT molecular complexity index is 691. The number of nitrogens with zero attached hydrogens (tertiary/aromatic N) is 1. The van der Waals surface area contributed by atoms with Crippen LogP contribution in [0.15, 0.2) is 54.6 Å². The first kappa shape index (κ1) is 18.5. The van der Waals surface area contributed by atoms with Gasteiger partial charge in [-0.15, -0.1) is 0 Å². The summed E-state index contributed by atoms with van der Waals surface area (Å²) in [4.78, 5) is 14.6. The molecule has 1 heterocycles. The highest BCUT2D eigenvalue weighted by atomic mass is 16.1. The number of hydrogen-bond acceptors (Lipinski definition) is 3. The molecule has 1 saturated heterocycles. The zero-order valence-corrected chi connectivity index (χ0v) is 15.7. The molecule has 1 aliphatic heterocycles. The summed E-state index contributed by atoms with van der Waals surface area (Å²) in [6.45, 7) is 6.92. The van der Waals surface area contributed by atoms with Gasteiger partial charge in [0.2, 0.25) is 5.91 Å². The van der Waals surface area contributed by atoms with Crippen LogP contribution in [0.5, 0.6) is 0 Å². The van der Waals surface area contributed by atoms with E-state index in [9.17, 15) is 4.79 Å². The molecule has 2 N–H and O–H groups in total. The lowest BCUT2D eigenvalue weighted by Crippen LogP contribution is -2.32. The lowest BCUT2D eigenvalue weighted by Gasteiger charge is -2.32. The van der Waals surface area contributed by atoms with E-state index in [1.807, 2.05) is 30.3 Å². The Balaban J connectivity index is 1.47. The summed E-state index contributed by atoms with van der Waals surface area (Å²) in [6.07, 6.45) is 2.51. The number of anilines is 2. The van der Waals surface area contributed by atoms with Crippen LogP contribution < -0.4 is 15.5 Å². The SMILES string of the molecule is CC1CCN(c2ccc(NC(=O)CNC(C)c3ccccc3)cc2)CC1. The van der Waals surface area contributed by atoms with Crippen molar-refractivity contribution in [2.45, 2.75) is 32.7 Å². The van der Waals surface area contributed by atoms with E-state index in [1.165, 1.54) is 24.1 Å². The molecule has 0 aromatic heterocycles. The lowest BCUT2D eigenvalue weighted by atomic mass is 9.99. The molecule has 2 aromatic rings. The summed E-state index contributed by atoms with van der Waals surface area (Å²) in [5.74, 6) is 0.808. The molecule has 2 aromatic carbocycles. The average molecular weight is 351 g/mol. The van der Waals surface area contributed by atoms with E-state index in [-0.39, 0.29) is 11.9 Å². The molecule has 0 radical (unpaired) electrons. The second kappa shape index (κ2) is 8.86. The van der Waals surface area contributed by atoms with Gasteiger partial charge in [0, 0.05) is 30.5 Å². The fraction of sp³-hybridized carbons (Fsp3) is 0.409. The maximum absolute atomic E-state index is 12.2. The van der Waals surface area contributed by atoms with Crippen LogP contribution in [0, 0.1) is 5.92 Å². The van der Waals surface area contributed by atoms with Crippen LogP contribution in [0.1, 0.15) is 38.3 Å². The highest BCUT2D eigenvalue weighted by Gasteiger charge is 2.16. The molecule has 4 heteroatoms. The van der Waals surface area contributed by atoms with Gasteiger partial charge in [0.05, 0.1) is 6.54 Å². The number of carbonyl (C=O) groups excluding carboxylic acids is 1. The molecule has 1 atom stereocenters. The summed E-state index contributed by atoms with van der Waals surface area (Å²) < 4.78 is 0. The van der Waals surface area contributed by atoms with Crippen LogP contribution >= 0.6 is 0 Å². The van der Waals surface area contributed by atoms with Gasteiger partial charge in [0.1, 0.15) is 0 Å².